The van der Waals surface area contributed by atoms with Crippen molar-refractivity contribution < 1.29 is 27.9 Å². The van der Waals surface area contributed by atoms with Crippen molar-refractivity contribution in [3.63, 3.8) is 0 Å². The highest BCUT2D eigenvalue weighted by molar-refractivity contribution is 7.89. The van der Waals surface area contributed by atoms with E-state index in [1.807, 2.05) is 13.8 Å². The summed E-state index contributed by atoms with van der Waals surface area (Å²) in [4.78, 5) is 24.8. The predicted octanol–water partition coefficient (Wildman–Crippen LogP) is 2.57. The lowest BCUT2D eigenvalue weighted by Gasteiger charge is -2.22. The van der Waals surface area contributed by atoms with Crippen LogP contribution in [0.1, 0.15) is 23.1 Å². The molecule has 172 valence electrons. The molecule has 1 fully saturated rings. The average molecular weight is 481 g/mol. The van der Waals surface area contributed by atoms with Crippen LogP contribution in [0.4, 0.5) is 5.69 Å². The number of aryl methyl sites for hydroxylation is 3. The molecule has 1 saturated heterocycles. The monoisotopic (exact) mass is 480 g/mol. The summed E-state index contributed by atoms with van der Waals surface area (Å²) in [5.74, 6) is -1.52. The largest absolute Gasteiger partial charge is 0.454 e. The zero-order chi connectivity index (χ0) is 23.6. The molecule has 0 aromatic heterocycles. The molecule has 0 aliphatic carbocycles. The highest BCUT2D eigenvalue weighted by Crippen LogP contribution is 2.28. The third-order valence-corrected chi connectivity index (χ3v) is 7.52. The first-order valence-electron chi connectivity index (χ1n) is 9.99. The summed E-state index contributed by atoms with van der Waals surface area (Å²) >= 11 is 6.08. The molecule has 1 amide bonds. The van der Waals surface area contributed by atoms with Crippen LogP contribution < -0.4 is 5.32 Å². The Morgan fingerprint density at radius 3 is 2.53 bits per heavy atom. The molecule has 8 nitrogen and oxygen atoms in total. The standard InChI is InChI=1S/C22H25ClN2O6S/c1-13-4-7-19(18(23)8-13)24-21(27)12-31-22(28)20-10-16(26)11-25(20)32(29,30)17-6-5-14(2)15(3)9-17/h4-9,16,20,26H,10-12H2,1-3H3,(H,24,27). The number of halogens is 1. The van der Waals surface area contributed by atoms with Crippen LogP contribution in [0.15, 0.2) is 41.3 Å². The number of sulfonamides is 1. The summed E-state index contributed by atoms with van der Waals surface area (Å²) in [6, 6.07) is 8.51. The molecule has 2 atom stereocenters. The first-order chi connectivity index (χ1) is 15.0. The number of benzene rings is 2. The molecular formula is C22H25ClN2O6S. The molecule has 0 radical (unpaired) electrons. The van der Waals surface area contributed by atoms with Gasteiger partial charge < -0.3 is 15.2 Å². The Balaban J connectivity index is 1.69. The van der Waals surface area contributed by atoms with E-state index in [2.05, 4.69) is 5.32 Å². The van der Waals surface area contributed by atoms with Gasteiger partial charge >= 0.3 is 5.97 Å². The summed E-state index contributed by atoms with van der Waals surface area (Å²) in [5.41, 5.74) is 3.01. The lowest BCUT2D eigenvalue weighted by molar-refractivity contribution is -0.150. The molecule has 2 aromatic rings. The summed E-state index contributed by atoms with van der Waals surface area (Å²) in [6.07, 6.45) is -1.14. The fourth-order valence-electron chi connectivity index (χ4n) is 3.41. The van der Waals surface area contributed by atoms with Gasteiger partial charge in [-0.3, -0.25) is 9.59 Å². The Bertz CT molecular complexity index is 1150. The lowest BCUT2D eigenvalue weighted by atomic mass is 10.1. The highest BCUT2D eigenvalue weighted by Gasteiger charge is 2.44. The van der Waals surface area contributed by atoms with Gasteiger partial charge in [0.2, 0.25) is 10.0 Å². The number of amides is 1. The molecule has 2 aromatic carbocycles. The van der Waals surface area contributed by atoms with E-state index in [0.717, 1.165) is 21.0 Å². The minimum Gasteiger partial charge on any atom is -0.454 e. The molecule has 0 saturated carbocycles. The molecular weight excluding hydrogens is 456 g/mol. The molecule has 1 aliphatic rings. The quantitative estimate of drug-likeness (QED) is 0.614. The van der Waals surface area contributed by atoms with Crippen LogP contribution in [0.2, 0.25) is 5.02 Å². The van der Waals surface area contributed by atoms with E-state index >= 15 is 0 Å². The Hall–Kier alpha value is -2.46. The van der Waals surface area contributed by atoms with E-state index in [-0.39, 0.29) is 17.9 Å². The Labute approximate surface area is 192 Å². The number of rotatable bonds is 6. The van der Waals surface area contributed by atoms with Crippen LogP contribution in [-0.2, 0) is 24.3 Å². The number of anilines is 1. The predicted molar refractivity (Wildman–Crippen MR) is 120 cm³/mol. The number of nitrogens with zero attached hydrogens (tertiary/aromatic N) is 1. The number of carbonyl (C=O) groups excluding carboxylic acids is 2. The third-order valence-electron chi connectivity index (χ3n) is 5.33. The van der Waals surface area contributed by atoms with Gasteiger partial charge in [-0.2, -0.15) is 4.31 Å². The van der Waals surface area contributed by atoms with Gasteiger partial charge in [0.05, 0.1) is 21.7 Å². The van der Waals surface area contributed by atoms with Gasteiger partial charge in [-0.05, 0) is 61.7 Å². The maximum absolute atomic E-state index is 13.1. The van der Waals surface area contributed by atoms with Crippen molar-refractivity contribution in [1.82, 2.24) is 4.31 Å². The van der Waals surface area contributed by atoms with Gasteiger partial charge in [0.15, 0.2) is 6.61 Å². The first kappa shape index (κ1) is 24.2. The van der Waals surface area contributed by atoms with Crippen molar-refractivity contribution in [3.8, 4) is 0 Å². The summed E-state index contributed by atoms with van der Waals surface area (Å²) in [5, 5.41) is 12.9. The third kappa shape index (κ3) is 5.29. The lowest BCUT2D eigenvalue weighted by Crippen LogP contribution is -2.42. The van der Waals surface area contributed by atoms with E-state index in [0.29, 0.717) is 10.7 Å². The SMILES string of the molecule is Cc1ccc(NC(=O)COC(=O)C2CC(O)CN2S(=O)(=O)c2ccc(C)c(C)c2)c(Cl)c1. The van der Waals surface area contributed by atoms with Crippen molar-refractivity contribution in [2.24, 2.45) is 0 Å². The maximum Gasteiger partial charge on any atom is 0.325 e. The van der Waals surface area contributed by atoms with Gasteiger partial charge in [0, 0.05) is 13.0 Å². The second-order valence-corrected chi connectivity index (χ2v) is 10.2. The average Bonchev–Trinajstić information content (AvgIpc) is 3.13. The van der Waals surface area contributed by atoms with Crippen LogP contribution in [0.25, 0.3) is 0 Å². The van der Waals surface area contributed by atoms with Crippen molar-refractivity contribution in [2.75, 3.05) is 18.5 Å². The topological polar surface area (TPSA) is 113 Å². The fraction of sp³-hybridized carbons (Fsp3) is 0.364. The van der Waals surface area contributed by atoms with E-state index in [4.69, 9.17) is 16.3 Å². The minimum atomic E-state index is -4.05. The minimum absolute atomic E-state index is 0.0271. The van der Waals surface area contributed by atoms with Crippen LogP contribution >= 0.6 is 11.6 Å². The number of ether oxygens (including phenoxy) is 1. The summed E-state index contributed by atoms with van der Waals surface area (Å²) < 4.78 is 32.2. The van der Waals surface area contributed by atoms with Crippen molar-refractivity contribution in [2.45, 2.75) is 44.2 Å². The smallest absolute Gasteiger partial charge is 0.325 e. The van der Waals surface area contributed by atoms with Gasteiger partial charge in [-0.1, -0.05) is 23.7 Å². The second-order valence-electron chi connectivity index (χ2n) is 7.87. The highest BCUT2D eigenvalue weighted by atomic mass is 35.5. The zero-order valence-electron chi connectivity index (χ0n) is 18.0. The van der Waals surface area contributed by atoms with Crippen LogP contribution in [0.3, 0.4) is 0 Å². The number of esters is 1. The van der Waals surface area contributed by atoms with Crippen molar-refractivity contribution in [1.29, 1.82) is 0 Å². The van der Waals surface area contributed by atoms with Gasteiger partial charge in [-0.25, -0.2) is 8.42 Å². The fourth-order valence-corrected chi connectivity index (χ4v) is 5.41. The number of hydrogen-bond acceptors (Lipinski definition) is 6. The number of aliphatic hydroxyl groups excluding tert-OH is 1. The zero-order valence-corrected chi connectivity index (χ0v) is 19.5. The number of β-amino-alcohol motifs (C(OH)–C–C–N with tert-alkyl or cyclic N) is 1. The molecule has 2 N–H and O–H groups in total. The van der Waals surface area contributed by atoms with E-state index in [1.54, 1.807) is 31.2 Å². The summed E-state index contributed by atoms with van der Waals surface area (Å²) in [7, 11) is -4.05. The van der Waals surface area contributed by atoms with Crippen molar-refractivity contribution in [3.05, 3.63) is 58.1 Å². The molecule has 1 heterocycles. The number of carbonyl (C=O) groups is 2. The van der Waals surface area contributed by atoms with Crippen LogP contribution in [0.5, 0.6) is 0 Å². The number of hydrogen-bond donors (Lipinski definition) is 2. The van der Waals surface area contributed by atoms with E-state index < -0.39 is 40.7 Å². The number of aliphatic hydroxyl groups is 1. The molecule has 2 unspecified atom stereocenters. The Morgan fingerprint density at radius 1 is 1.16 bits per heavy atom. The molecule has 10 heteroatoms. The normalized spacial score (nSPS) is 19.0. The van der Waals surface area contributed by atoms with Crippen molar-refractivity contribution >= 4 is 39.2 Å². The molecule has 0 spiro atoms. The second kappa shape index (κ2) is 9.58. The molecule has 1 aliphatic heterocycles. The summed E-state index contributed by atoms with van der Waals surface area (Å²) in [6.45, 7) is 4.65. The molecule has 3 rings (SSSR count). The maximum atomic E-state index is 13.1. The van der Waals surface area contributed by atoms with E-state index in [1.165, 1.54) is 12.1 Å². The number of nitrogens with one attached hydrogen (secondary N) is 1. The first-order valence-corrected chi connectivity index (χ1v) is 11.8. The Morgan fingerprint density at radius 2 is 1.88 bits per heavy atom. The van der Waals surface area contributed by atoms with E-state index in [9.17, 15) is 23.1 Å². The molecule has 32 heavy (non-hydrogen) atoms. The van der Waals surface area contributed by atoms with Crippen LogP contribution in [-0.4, -0.2) is 55.0 Å². The molecule has 0 bridgehead atoms. The van der Waals surface area contributed by atoms with Gasteiger partial charge in [0.25, 0.3) is 5.91 Å². The van der Waals surface area contributed by atoms with Crippen LogP contribution in [0, 0.1) is 20.8 Å². The van der Waals surface area contributed by atoms with Gasteiger partial charge in [0.1, 0.15) is 6.04 Å². The van der Waals surface area contributed by atoms with Gasteiger partial charge in [-0.15, -0.1) is 0 Å². The Kier molecular flexibility index (Phi) is 7.24.